The highest BCUT2D eigenvalue weighted by atomic mass is 16.6. The fraction of sp³-hybridized carbons (Fsp3) is 0.320. The molecular formula is C25H30N8O4. The lowest BCUT2D eigenvalue weighted by Gasteiger charge is -2.20. The quantitative estimate of drug-likeness (QED) is 0.406. The van der Waals surface area contributed by atoms with Gasteiger partial charge in [0.25, 0.3) is 0 Å². The number of aromatic nitrogens is 5. The zero-order valence-corrected chi connectivity index (χ0v) is 21.6. The van der Waals surface area contributed by atoms with Crippen LogP contribution in [0.15, 0.2) is 42.9 Å². The molecule has 0 fully saturated rings. The Balaban J connectivity index is 1.74. The Kier molecular flexibility index (Phi) is 6.75. The molecule has 0 aliphatic carbocycles. The molecule has 1 aromatic carbocycles. The molecule has 0 bridgehead atoms. The number of nitrogen functional groups attached to an aromatic ring is 1. The lowest BCUT2D eigenvalue weighted by Crippen LogP contribution is -2.27. The van der Waals surface area contributed by atoms with Crippen molar-refractivity contribution >= 4 is 29.0 Å². The van der Waals surface area contributed by atoms with E-state index in [1.807, 2.05) is 12.1 Å². The predicted molar refractivity (Wildman–Crippen MR) is 139 cm³/mol. The van der Waals surface area contributed by atoms with Crippen LogP contribution < -0.4 is 15.8 Å². The molecule has 0 spiro atoms. The lowest BCUT2D eigenvalue weighted by molar-refractivity contribution is -0.129. The second-order valence-corrected chi connectivity index (χ2v) is 9.58. The fourth-order valence-corrected chi connectivity index (χ4v) is 3.71. The molecule has 4 rings (SSSR count). The van der Waals surface area contributed by atoms with E-state index in [0.717, 1.165) is 11.1 Å². The summed E-state index contributed by atoms with van der Waals surface area (Å²) in [4.78, 5) is 30.1. The van der Waals surface area contributed by atoms with Crippen molar-refractivity contribution < 1.29 is 19.1 Å². The zero-order valence-electron chi connectivity index (χ0n) is 21.6. The SMILES string of the molecule is COc1cc(-c2cc(-c3ccn(CC(=O)N(C)C)n3)n3ncnc(N)c23)ccc1NC(=O)OC(C)(C)C. The van der Waals surface area contributed by atoms with Crippen molar-refractivity contribution in [2.45, 2.75) is 32.9 Å². The summed E-state index contributed by atoms with van der Waals surface area (Å²) in [5.74, 6) is 0.647. The van der Waals surface area contributed by atoms with Gasteiger partial charge in [0.1, 0.15) is 35.4 Å². The normalized spacial score (nSPS) is 11.4. The minimum atomic E-state index is -0.636. The zero-order chi connectivity index (χ0) is 26.9. The van der Waals surface area contributed by atoms with Crippen molar-refractivity contribution in [2.75, 3.05) is 32.3 Å². The monoisotopic (exact) mass is 506 g/mol. The number of amides is 2. The number of rotatable bonds is 6. The van der Waals surface area contributed by atoms with Crippen LogP contribution in [0.5, 0.6) is 5.75 Å². The van der Waals surface area contributed by atoms with E-state index < -0.39 is 11.7 Å². The molecule has 3 heterocycles. The number of ether oxygens (including phenoxy) is 2. The van der Waals surface area contributed by atoms with Crippen molar-refractivity contribution in [3.05, 3.63) is 42.9 Å². The first-order valence-electron chi connectivity index (χ1n) is 11.5. The Labute approximate surface area is 214 Å². The van der Waals surface area contributed by atoms with Gasteiger partial charge in [-0.15, -0.1) is 0 Å². The van der Waals surface area contributed by atoms with Gasteiger partial charge in [0.2, 0.25) is 5.91 Å². The van der Waals surface area contributed by atoms with Crippen LogP contribution in [0, 0.1) is 0 Å². The maximum atomic E-state index is 12.3. The van der Waals surface area contributed by atoms with Crippen LogP contribution >= 0.6 is 0 Å². The fourth-order valence-electron chi connectivity index (χ4n) is 3.71. The number of anilines is 2. The molecule has 194 valence electrons. The van der Waals surface area contributed by atoms with Crippen LogP contribution in [0.25, 0.3) is 28.0 Å². The van der Waals surface area contributed by atoms with Crippen LogP contribution in [-0.2, 0) is 16.1 Å². The topological polar surface area (TPSA) is 142 Å². The third-order valence-corrected chi connectivity index (χ3v) is 5.43. The van der Waals surface area contributed by atoms with Crippen molar-refractivity contribution in [2.24, 2.45) is 0 Å². The van der Waals surface area contributed by atoms with Gasteiger partial charge < -0.3 is 20.1 Å². The summed E-state index contributed by atoms with van der Waals surface area (Å²) in [5, 5.41) is 11.7. The minimum Gasteiger partial charge on any atom is -0.495 e. The van der Waals surface area contributed by atoms with E-state index >= 15 is 0 Å². The summed E-state index contributed by atoms with van der Waals surface area (Å²) in [5.41, 5.74) is 9.46. The van der Waals surface area contributed by atoms with Crippen LogP contribution in [-0.4, -0.2) is 68.1 Å². The smallest absolute Gasteiger partial charge is 0.412 e. The van der Waals surface area contributed by atoms with E-state index in [2.05, 4.69) is 20.5 Å². The summed E-state index contributed by atoms with van der Waals surface area (Å²) in [7, 11) is 4.91. The van der Waals surface area contributed by atoms with E-state index in [-0.39, 0.29) is 18.3 Å². The molecule has 37 heavy (non-hydrogen) atoms. The minimum absolute atomic E-state index is 0.0749. The van der Waals surface area contributed by atoms with Gasteiger partial charge >= 0.3 is 6.09 Å². The van der Waals surface area contributed by atoms with Crippen molar-refractivity contribution in [3.8, 4) is 28.3 Å². The van der Waals surface area contributed by atoms with Gasteiger partial charge in [0.15, 0.2) is 5.82 Å². The van der Waals surface area contributed by atoms with E-state index in [1.165, 1.54) is 18.3 Å². The van der Waals surface area contributed by atoms with Crippen LogP contribution in [0.2, 0.25) is 0 Å². The second-order valence-electron chi connectivity index (χ2n) is 9.58. The molecule has 0 saturated carbocycles. The maximum absolute atomic E-state index is 12.3. The molecule has 3 aromatic heterocycles. The number of hydrogen-bond donors (Lipinski definition) is 2. The number of carbonyl (C=O) groups is 2. The number of likely N-dealkylation sites (N-methyl/N-ethyl adjacent to an activating group) is 1. The Morgan fingerprint density at radius 3 is 2.59 bits per heavy atom. The van der Waals surface area contributed by atoms with Gasteiger partial charge in [-0.05, 0) is 50.6 Å². The number of benzene rings is 1. The van der Waals surface area contributed by atoms with Crippen molar-refractivity contribution in [1.29, 1.82) is 0 Å². The molecule has 0 unspecified atom stereocenters. The van der Waals surface area contributed by atoms with Crippen molar-refractivity contribution in [1.82, 2.24) is 29.3 Å². The number of carbonyl (C=O) groups excluding carboxylic acids is 2. The number of nitrogens with one attached hydrogen (secondary N) is 1. The molecular weight excluding hydrogens is 476 g/mol. The van der Waals surface area contributed by atoms with Crippen molar-refractivity contribution in [3.63, 3.8) is 0 Å². The molecule has 12 nitrogen and oxygen atoms in total. The van der Waals surface area contributed by atoms with E-state index in [4.69, 9.17) is 15.2 Å². The van der Waals surface area contributed by atoms with Gasteiger partial charge in [-0.1, -0.05) is 6.07 Å². The van der Waals surface area contributed by atoms with E-state index in [1.54, 1.807) is 68.5 Å². The highest BCUT2D eigenvalue weighted by Crippen LogP contribution is 2.37. The maximum Gasteiger partial charge on any atom is 0.412 e. The molecule has 0 aliphatic heterocycles. The van der Waals surface area contributed by atoms with Crippen LogP contribution in [0.3, 0.4) is 0 Å². The summed E-state index contributed by atoms with van der Waals surface area (Å²) in [6.45, 7) is 5.48. The summed E-state index contributed by atoms with van der Waals surface area (Å²) < 4.78 is 14.1. The first-order chi connectivity index (χ1) is 17.5. The number of methoxy groups -OCH3 is 1. The highest BCUT2D eigenvalue weighted by Gasteiger charge is 2.21. The molecule has 0 atom stereocenters. The molecule has 4 aromatic rings. The van der Waals surface area contributed by atoms with Crippen LogP contribution in [0.1, 0.15) is 20.8 Å². The van der Waals surface area contributed by atoms with Gasteiger partial charge in [0.05, 0.1) is 18.5 Å². The first-order valence-corrected chi connectivity index (χ1v) is 11.5. The largest absolute Gasteiger partial charge is 0.495 e. The molecule has 0 radical (unpaired) electrons. The van der Waals surface area contributed by atoms with Gasteiger partial charge in [-0.2, -0.15) is 10.2 Å². The lowest BCUT2D eigenvalue weighted by atomic mass is 10.1. The molecule has 3 N–H and O–H groups in total. The Bertz CT molecular complexity index is 1470. The first kappa shape index (κ1) is 25.5. The number of nitrogens with zero attached hydrogens (tertiary/aromatic N) is 6. The van der Waals surface area contributed by atoms with E-state index in [0.29, 0.717) is 28.3 Å². The molecule has 12 heteroatoms. The number of fused-ring (bicyclic) bond motifs is 1. The van der Waals surface area contributed by atoms with Crippen LogP contribution in [0.4, 0.5) is 16.3 Å². The average molecular weight is 507 g/mol. The summed E-state index contributed by atoms with van der Waals surface area (Å²) in [6, 6.07) is 9.04. The standard InChI is InChI=1S/C25H30N8O4/c1-25(2,3)37-24(35)29-18-8-7-15(11-20(18)36-6)16-12-19(33-22(16)23(26)27-14-28-33)17-9-10-32(30-17)13-21(34)31(4)5/h7-12,14H,13H2,1-6H3,(H,29,35)(H2,26,27,28). The highest BCUT2D eigenvalue weighted by molar-refractivity contribution is 5.93. The van der Waals surface area contributed by atoms with Gasteiger partial charge in [-0.25, -0.2) is 14.3 Å². The average Bonchev–Trinajstić information content (AvgIpc) is 3.43. The third-order valence-electron chi connectivity index (χ3n) is 5.43. The molecule has 2 amide bonds. The third kappa shape index (κ3) is 5.47. The van der Waals surface area contributed by atoms with Gasteiger partial charge in [-0.3, -0.25) is 14.8 Å². The Morgan fingerprint density at radius 2 is 1.92 bits per heavy atom. The number of nitrogens with two attached hydrogens (primary N) is 1. The predicted octanol–water partition coefficient (Wildman–Crippen LogP) is 3.29. The number of hydrogen-bond acceptors (Lipinski definition) is 8. The van der Waals surface area contributed by atoms with Gasteiger partial charge in [0, 0.05) is 25.9 Å². The Hall–Kier alpha value is -4.61. The molecule has 0 aliphatic rings. The Morgan fingerprint density at radius 1 is 1.16 bits per heavy atom. The van der Waals surface area contributed by atoms with E-state index in [9.17, 15) is 9.59 Å². The molecule has 0 saturated heterocycles. The summed E-state index contributed by atoms with van der Waals surface area (Å²) >= 11 is 0. The summed E-state index contributed by atoms with van der Waals surface area (Å²) in [6.07, 6.45) is 2.52. The second kappa shape index (κ2) is 9.80.